The second-order valence-corrected chi connectivity index (χ2v) is 7.00. The number of halogens is 1. The zero-order chi connectivity index (χ0) is 16.2. The van der Waals surface area contributed by atoms with Crippen molar-refractivity contribution >= 4 is 45.7 Å². The van der Waals surface area contributed by atoms with E-state index in [0.717, 1.165) is 10.6 Å². The van der Waals surface area contributed by atoms with Gasteiger partial charge in [-0.3, -0.25) is 15.2 Å². The molecule has 23 heavy (non-hydrogen) atoms. The normalized spacial score (nSPS) is 10.7. The molecule has 0 saturated heterocycles. The number of aromatic nitrogens is 5. The Bertz CT molecular complexity index is 816. The molecule has 2 N–H and O–H groups in total. The molecule has 0 saturated carbocycles. The number of carbonyl (C=O) groups excluding carboxylic acids is 1. The van der Waals surface area contributed by atoms with Crippen LogP contribution in [0.5, 0.6) is 0 Å². The summed E-state index contributed by atoms with van der Waals surface area (Å²) in [4.78, 5) is 16.2. The average molecular weight is 367 g/mol. The summed E-state index contributed by atoms with van der Waals surface area (Å²) in [5, 5.41) is 19.7. The fraction of sp³-hybridized carbons (Fsp3) is 0.154. The molecule has 1 aromatic carbocycles. The molecule has 0 bridgehead atoms. The molecule has 0 aliphatic carbocycles. The quantitative estimate of drug-likeness (QED) is 0.674. The van der Waals surface area contributed by atoms with Gasteiger partial charge in [-0.05, 0) is 31.2 Å². The van der Waals surface area contributed by atoms with Crippen LogP contribution in [0.25, 0.3) is 11.4 Å². The van der Waals surface area contributed by atoms with Crippen LogP contribution in [0, 0.1) is 6.92 Å². The predicted octanol–water partition coefficient (Wildman–Crippen LogP) is 3.02. The second kappa shape index (κ2) is 7.07. The minimum absolute atomic E-state index is 0.177. The van der Waals surface area contributed by atoms with Crippen molar-refractivity contribution in [1.29, 1.82) is 0 Å². The van der Waals surface area contributed by atoms with Crippen molar-refractivity contribution in [3.63, 3.8) is 0 Å². The van der Waals surface area contributed by atoms with Crippen LogP contribution >= 0.6 is 34.7 Å². The number of hydrogen-bond acceptors (Lipinski definition) is 7. The van der Waals surface area contributed by atoms with Crippen LogP contribution < -0.4 is 5.32 Å². The molecule has 0 unspecified atom stereocenters. The third-order valence-corrected chi connectivity index (χ3v) is 4.54. The lowest BCUT2D eigenvalue weighted by Gasteiger charge is -1.98. The minimum Gasteiger partial charge on any atom is -0.300 e. The largest absolute Gasteiger partial charge is 0.300 e. The topological polar surface area (TPSA) is 96.5 Å². The number of hydrogen-bond donors (Lipinski definition) is 2. The standard InChI is InChI=1S/C13H11ClN6OS2/c1-7-17-20-13(23-7)15-10(21)6-22-12-16-11(18-19-12)8-2-4-9(14)5-3-8/h2-5H,6H2,1H3,(H,15,20,21)(H,16,18,19). The molecule has 7 nitrogen and oxygen atoms in total. The lowest BCUT2D eigenvalue weighted by molar-refractivity contribution is -0.113. The maximum atomic E-state index is 11.8. The van der Waals surface area contributed by atoms with E-state index in [-0.39, 0.29) is 11.7 Å². The van der Waals surface area contributed by atoms with Gasteiger partial charge in [-0.25, -0.2) is 4.98 Å². The molecule has 10 heteroatoms. The average Bonchev–Trinajstić information content (AvgIpc) is 3.15. The maximum Gasteiger partial charge on any atom is 0.236 e. The van der Waals surface area contributed by atoms with E-state index >= 15 is 0 Å². The molecule has 2 heterocycles. The Balaban J connectivity index is 1.56. The van der Waals surface area contributed by atoms with Gasteiger partial charge in [0, 0.05) is 10.6 Å². The molecule has 2 aromatic heterocycles. The highest BCUT2D eigenvalue weighted by molar-refractivity contribution is 7.99. The van der Waals surface area contributed by atoms with Crippen LogP contribution in [0.2, 0.25) is 5.02 Å². The van der Waals surface area contributed by atoms with E-state index in [2.05, 4.69) is 30.7 Å². The lowest BCUT2D eigenvalue weighted by Crippen LogP contribution is -2.13. The summed E-state index contributed by atoms with van der Waals surface area (Å²) in [5.74, 6) is 0.643. The van der Waals surface area contributed by atoms with Crippen LogP contribution in [-0.4, -0.2) is 37.0 Å². The van der Waals surface area contributed by atoms with Crippen molar-refractivity contribution in [3.8, 4) is 11.4 Å². The molecule has 0 radical (unpaired) electrons. The lowest BCUT2D eigenvalue weighted by atomic mass is 10.2. The SMILES string of the molecule is Cc1nnc(NC(=O)CSc2n[nH]c(-c3ccc(Cl)cc3)n2)s1. The van der Waals surface area contributed by atoms with E-state index in [1.165, 1.54) is 23.1 Å². The predicted molar refractivity (Wildman–Crippen MR) is 90.8 cm³/mol. The van der Waals surface area contributed by atoms with Gasteiger partial charge in [0.1, 0.15) is 5.01 Å². The van der Waals surface area contributed by atoms with Gasteiger partial charge in [0.25, 0.3) is 0 Å². The first-order chi connectivity index (χ1) is 11.1. The zero-order valence-corrected chi connectivity index (χ0v) is 14.3. The molecule has 3 aromatic rings. The van der Waals surface area contributed by atoms with E-state index in [4.69, 9.17) is 11.6 Å². The molecule has 0 fully saturated rings. The molecule has 0 aliphatic heterocycles. The zero-order valence-electron chi connectivity index (χ0n) is 11.9. The van der Waals surface area contributed by atoms with E-state index in [0.29, 0.717) is 21.1 Å². The molecule has 0 spiro atoms. The number of carbonyl (C=O) groups is 1. The van der Waals surface area contributed by atoms with Crippen LogP contribution in [0.15, 0.2) is 29.4 Å². The number of thioether (sulfide) groups is 1. The molecule has 1 amide bonds. The van der Waals surface area contributed by atoms with Crippen LogP contribution in [0.1, 0.15) is 5.01 Å². The first-order valence-electron chi connectivity index (χ1n) is 6.51. The Morgan fingerprint density at radius 1 is 1.35 bits per heavy atom. The number of nitrogens with zero attached hydrogens (tertiary/aromatic N) is 4. The van der Waals surface area contributed by atoms with Gasteiger partial charge >= 0.3 is 0 Å². The number of nitrogens with one attached hydrogen (secondary N) is 2. The van der Waals surface area contributed by atoms with E-state index in [1.807, 2.05) is 19.1 Å². The Kier molecular flexibility index (Phi) is 4.89. The van der Waals surface area contributed by atoms with Crippen molar-refractivity contribution in [3.05, 3.63) is 34.3 Å². The number of benzene rings is 1. The number of amides is 1. The third kappa shape index (κ3) is 4.27. The molecule has 0 atom stereocenters. The highest BCUT2D eigenvalue weighted by Gasteiger charge is 2.10. The molecule has 0 aliphatic rings. The van der Waals surface area contributed by atoms with Gasteiger partial charge in [0.15, 0.2) is 5.82 Å². The van der Waals surface area contributed by atoms with Crippen molar-refractivity contribution in [2.75, 3.05) is 11.1 Å². The van der Waals surface area contributed by atoms with Gasteiger partial charge in [-0.15, -0.1) is 15.3 Å². The van der Waals surface area contributed by atoms with Crippen LogP contribution in [-0.2, 0) is 4.79 Å². The molecular formula is C13H11ClN6OS2. The molecular weight excluding hydrogens is 356 g/mol. The van der Waals surface area contributed by atoms with Crippen LogP contribution in [0.3, 0.4) is 0 Å². The highest BCUT2D eigenvalue weighted by Crippen LogP contribution is 2.21. The number of aromatic amines is 1. The van der Waals surface area contributed by atoms with Crippen molar-refractivity contribution in [2.45, 2.75) is 12.1 Å². The molecule has 3 rings (SSSR count). The molecule has 118 valence electrons. The summed E-state index contributed by atoms with van der Waals surface area (Å²) >= 11 is 8.42. The highest BCUT2D eigenvalue weighted by atomic mass is 35.5. The number of rotatable bonds is 5. The van der Waals surface area contributed by atoms with Gasteiger partial charge in [0.05, 0.1) is 5.75 Å². The summed E-state index contributed by atoms with van der Waals surface area (Å²) in [6.45, 7) is 1.83. The van der Waals surface area contributed by atoms with Gasteiger partial charge in [-0.2, -0.15) is 0 Å². The van der Waals surface area contributed by atoms with Crippen molar-refractivity contribution in [2.24, 2.45) is 0 Å². The van der Waals surface area contributed by atoms with E-state index in [1.54, 1.807) is 12.1 Å². The Hall–Kier alpha value is -1.97. The van der Waals surface area contributed by atoms with Crippen LogP contribution in [0.4, 0.5) is 5.13 Å². The van der Waals surface area contributed by atoms with Gasteiger partial charge in [-0.1, -0.05) is 34.7 Å². The number of aryl methyl sites for hydroxylation is 1. The second-order valence-electron chi connectivity index (χ2n) is 4.44. The maximum absolute atomic E-state index is 11.8. The fourth-order valence-electron chi connectivity index (χ4n) is 1.68. The first-order valence-corrected chi connectivity index (χ1v) is 8.69. The number of anilines is 1. The fourth-order valence-corrected chi connectivity index (χ4v) is 3.01. The Morgan fingerprint density at radius 2 is 2.13 bits per heavy atom. The summed E-state index contributed by atoms with van der Waals surface area (Å²) < 4.78 is 0. The van der Waals surface area contributed by atoms with Crippen molar-refractivity contribution < 1.29 is 4.79 Å². The third-order valence-electron chi connectivity index (χ3n) is 2.69. The Morgan fingerprint density at radius 3 is 2.83 bits per heavy atom. The summed E-state index contributed by atoms with van der Waals surface area (Å²) in [6, 6.07) is 7.26. The van der Waals surface area contributed by atoms with Gasteiger partial charge < -0.3 is 0 Å². The summed E-state index contributed by atoms with van der Waals surface area (Å²) in [7, 11) is 0. The minimum atomic E-state index is -0.177. The van der Waals surface area contributed by atoms with Crippen molar-refractivity contribution in [1.82, 2.24) is 25.4 Å². The summed E-state index contributed by atoms with van der Waals surface area (Å²) in [5.41, 5.74) is 0.877. The first kappa shape index (κ1) is 15.9. The Labute approximate surface area is 144 Å². The van der Waals surface area contributed by atoms with E-state index in [9.17, 15) is 4.79 Å². The monoisotopic (exact) mass is 366 g/mol. The van der Waals surface area contributed by atoms with Gasteiger partial charge in [0.2, 0.25) is 16.2 Å². The smallest absolute Gasteiger partial charge is 0.236 e. The van der Waals surface area contributed by atoms with E-state index < -0.39 is 0 Å². The summed E-state index contributed by atoms with van der Waals surface area (Å²) in [6.07, 6.45) is 0. The number of H-pyrrole nitrogens is 1.